The summed E-state index contributed by atoms with van der Waals surface area (Å²) in [6.07, 6.45) is 0. The maximum Gasteiger partial charge on any atom is 0.270 e. The van der Waals surface area contributed by atoms with Crippen molar-refractivity contribution in [3.63, 3.8) is 0 Å². The van der Waals surface area contributed by atoms with Gasteiger partial charge < -0.3 is 15.0 Å². The number of thiazole rings is 1. The fourth-order valence-corrected chi connectivity index (χ4v) is 4.55. The van der Waals surface area contributed by atoms with Gasteiger partial charge in [-0.05, 0) is 24.3 Å². The molecule has 2 saturated heterocycles. The molecule has 1 N–H and O–H groups in total. The average Bonchev–Trinajstić information content (AvgIpc) is 3.24. The molecule has 0 unspecified atom stereocenters. The molecule has 9 heteroatoms. The van der Waals surface area contributed by atoms with Crippen LogP contribution in [0.2, 0.25) is 0 Å². The molecule has 2 aromatic rings. The molecular formula is C21H28FN5O2S. The number of nitrogens with zero attached hydrogens (tertiary/aromatic N) is 4. The topological polar surface area (TPSA) is 60.9 Å². The Morgan fingerprint density at radius 2 is 1.80 bits per heavy atom. The van der Waals surface area contributed by atoms with Gasteiger partial charge in [0.2, 0.25) is 0 Å². The Kier molecular flexibility index (Phi) is 7.27. The average molecular weight is 434 g/mol. The van der Waals surface area contributed by atoms with Gasteiger partial charge in [-0.3, -0.25) is 14.6 Å². The normalized spacial score (nSPS) is 18.5. The SMILES string of the molecule is O=C(NCCN1CCOCC1)c1csc(CN2CCN(c3ccc(F)cc3)CC2)n1. The van der Waals surface area contributed by atoms with Crippen molar-refractivity contribution in [1.29, 1.82) is 0 Å². The minimum absolute atomic E-state index is 0.105. The van der Waals surface area contributed by atoms with Crippen molar-refractivity contribution in [2.24, 2.45) is 0 Å². The van der Waals surface area contributed by atoms with Crippen LogP contribution in [-0.2, 0) is 11.3 Å². The second-order valence-electron chi connectivity index (χ2n) is 7.58. The van der Waals surface area contributed by atoms with Gasteiger partial charge in [0.25, 0.3) is 5.91 Å². The zero-order chi connectivity index (χ0) is 20.8. The molecule has 1 amide bonds. The van der Waals surface area contributed by atoms with Crippen molar-refractivity contribution in [2.75, 3.05) is 70.5 Å². The zero-order valence-electron chi connectivity index (χ0n) is 17.1. The maximum absolute atomic E-state index is 13.1. The van der Waals surface area contributed by atoms with E-state index in [1.54, 1.807) is 0 Å². The lowest BCUT2D eigenvalue weighted by Gasteiger charge is -2.35. The van der Waals surface area contributed by atoms with E-state index in [-0.39, 0.29) is 11.7 Å². The van der Waals surface area contributed by atoms with E-state index in [0.29, 0.717) is 12.2 Å². The molecule has 4 rings (SSSR count). The summed E-state index contributed by atoms with van der Waals surface area (Å²) >= 11 is 1.54. The van der Waals surface area contributed by atoms with Crippen LogP contribution in [0.1, 0.15) is 15.5 Å². The molecule has 7 nitrogen and oxygen atoms in total. The number of ether oxygens (including phenoxy) is 1. The van der Waals surface area contributed by atoms with Gasteiger partial charge in [-0.25, -0.2) is 9.37 Å². The Labute approximate surface area is 180 Å². The number of carbonyl (C=O) groups excluding carboxylic acids is 1. The summed E-state index contributed by atoms with van der Waals surface area (Å²) in [5.41, 5.74) is 1.56. The molecule has 0 radical (unpaired) electrons. The van der Waals surface area contributed by atoms with Gasteiger partial charge in [-0.2, -0.15) is 0 Å². The van der Waals surface area contributed by atoms with Gasteiger partial charge >= 0.3 is 0 Å². The van der Waals surface area contributed by atoms with Crippen LogP contribution in [-0.4, -0.2) is 86.3 Å². The number of nitrogens with one attached hydrogen (secondary N) is 1. The molecule has 0 saturated carbocycles. The predicted octanol–water partition coefficient (Wildman–Crippen LogP) is 1.67. The van der Waals surface area contributed by atoms with E-state index in [0.717, 1.165) is 76.3 Å². The Bertz CT molecular complexity index is 817. The van der Waals surface area contributed by atoms with E-state index in [1.165, 1.54) is 23.5 Å². The Hall–Kier alpha value is -2.07. The lowest BCUT2D eigenvalue weighted by atomic mass is 10.2. The second kappa shape index (κ2) is 10.3. The standard InChI is InChI=1S/C21H28FN5O2S/c22-17-1-3-18(4-2-17)27-9-7-26(8-10-27)15-20-24-19(16-30-20)21(28)23-5-6-25-11-13-29-14-12-25/h1-4,16H,5-15H2,(H,23,28). The van der Waals surface area contributed by atoms with Crippen LogP contribution in [0.4, 0.5) is 10.1 Å². The van der Waals surface area contributed by atoms with Gasteiger partial charge in [0, 0.05) is 63.4 Å². The van der Waals surface area contributed by atoms with E-state index in [2.05, 4.69) is 25.0 Å². The Balaban J connectivity index is 1.20. The summed E-state index contributed by atoms with van der Waals surface area (Å²) in [5, 5.41) is 5.77. The number of aromatic nitrogens is 1. The quantitative estimate of drug-likeness (QED) is 0.717. The number of rotatable bonds is 7. The van der Waals surface area contributed by atoms with E-state index in [9.17, 15) is 9.18 Å². The Morgan fingerprint density at radius 3 is 2.53 bits per heavy atom. The zero-order valence-corrected chi connectivity index (χ0v) is 17.9. The molecule has 3 heterocycles. The van der Waals surface area contributed by atoms with E-state index < -0.39 is 0 Å². The highest BCUT2D eigenvalue weighted by molar-refractivity contribution is 7.09. The first kappa shape index (κ1) is 21.2. The van der Waals surface area contributed by atoms with E-state index in [1.807, 2.05) is 17.5 Å². The highest BCUT2D eigenvalue weighted by Gasteiger charge is 2.19. The summed E-state index contributed by atoms with van der Waals surface area (Å²) in [4.78, 5) is 23.8. The number of piperazine rings is 1. The van der Waals surface area contributed by atoms with Crippen LogP contribution in [0.15, 0.2) is 29.6 Å². The lowest BCUT2D eigenvalue weighted by Crippen LogP contribution is -2.46. The maximum atomic E-state index is 13.1. The third-order valence-corrected chi connectivity index (χ3v) is 6.36. The molecule has 1 aromatic heterocycles. The van der Waals surface area contributed by atoms with Crippen molar-refractivity contribution in [3.05, 3.63) is 46.2 Å². The minimum Gasteiger partial charge on any atom is -0.379 e. The van der Waals surface area contributed by atoms with Gasteiger partial charge in [0.05, 0.1) is 19.8 Å². The predicted molar refractivity (Wildman–Crippen MR) is 116 cm³/mol. The number of benzene rings is 1. The highest BCUT2D eigenvalue weighted by Crippen LogP contribution is 2.19. The fourth-order valence-electron chi connectivity index (χ4n) is 3.74. The summed E-state index contributed by atoms with van der Waals surface area (Å²) in [7, 11) is 0. The van der Waals surface area contributed by atoms with Gasteiger partial charge in [0.15, 0.2) is 0 Å². The number of anilines is 1. The first-order valence-electron chi connectivity index (χ1n) is 10.4. The van der Waals surface area contributed by atoms with Crippen LogP contribution < -0.4 is 10.2 Å². The monoisotopic (exact) mass is 433 g/mol. The molecule has 2 fully saturated rings. The number of hydrogen-bond donors (Lipinski definition) is 1. The van der Waals surface area contributed by atoms with Crippen LogP contribution in [0.3, 0.4) is 0 Å². The number of amides is 1. The lowest BCUT2D eigenvalue weighted by molar-refractivity contribution is 0.0383. The summed E-state index contributed by atoms with van der Waals surface area (Å²) in [5.74, 6) is -0.311. The molecule has 0 aliphatic carbocycles. The summed E-state index contributed by atoms with van der Waals surface area (Å²) < 4.78 is 18.4. The first-order chi connectivity index (χ1) is 14.7. The second-order valence-corrected chi connectivity index (χ2v) is 8.52. The van der Waals surface area contributed by atoms with Crippen LogP contribution in [0, 0.1) is 5.82 Å². The molecule has 1 aromatic carbocycles. The number of halogens is 1. The number of carbonyl (C=O) groups is 1. The van der Waals surface area contributed by atoms with Crippen molar-refractivity contribution in [2.45, 2.75) is 6.54 Å². The van der Waals surface area contributed by atoms with Crippen molar-refractivity contribution >= 4 is 22.9 Å². The van der Waals surface area contributed by atoms with Crippen LogP contribution >= 0.6 is 11.3 Å². The van der Waals surface area contributed by atoms with Crippen molar-refractivity contribution in [3.8, 4) is 0 Å². The molecule has 30 heavy (non-hydrogen) atoms. The van der Waals surface area contributed by atoms with Crippen LogP contribution in [0.25, 0.3) is 0 Å². The number of morpholine rings is 1. The van der Waals surface area contributed by atoms with Crippen molar-refractivity contribution in [1.82, 2.24) is 20.1 Å². The smallest absolute Gasteiger partial charge is 0.270 e. The molecule has 0 bridgehead atoms. The van der Waals surface area contributed by atoms with Gasteiger partial charge in [0.1, 0.15) is 16.5 Å². The summed E-state index contributed by atoms with van der Waals surface area (Å²) in [6.45, 7) is 9.21. The molecule has 2 aliphatic rings. The summed E-state index contributed by atoms with van der Waals surface area (Å²) in [6, 6.07) is 6.67. The van der Waals surface area contributed by atoms with Gasteiger partial charge in [-0.1, -0.05) is 0 Å². The third-order valence-electron chi connectivity index (χ3n) is 5.52. The fraction of sp³-hybridized carbons (Fsp3) is 0.524. The molecular weight excluding hydrogens is 405 g/mol. The highest BCUT2D eigenvalue weighted by atomic mass is 32.1. The molecule has 0 spiro atoms. The Morgan fingerprint density at radius 1 is 1.07 bits per heavy atom. The third kappa shape index (κ3) is 5.75. The van der Waals surface area contributed by atoms with E-state index in [4.69, 9.17) is 4.74 Å². The minimum atomic E-state index is -0.206. The molecule has 162 valence electrons. The van der Waals surface area contributed by atoms with Crippen LogP contribution in [0.5, 0.6) is 0 Å². The van der Waals surface area contributed by atoms with E-state index >= 15 is 0 Å². The number of hydrogen-bond acceptors (Lipinski definition) is 7. The largest absolute Gasteiger partial charge is 0.379 e. The molecule has 2 aliphatic heterocycles. The van der Waals surface area contributed by atoms with Crippen molar-refractivity contribution < 1.29 is 13.9 Å². The molecule has 0 atom stereocenters. The first-order valence-corrected chi connectivity index (χ1v) is 11.3. The van der Waals surface area contributed by atoms with Gasteiger partial charge in [-0.15, -0.1) is 11.3 Å².